The van der Waals surface area contributed by atoms with E-state index in [0.717, 1.165) is 24.9 Å². The van der Waals surface area contributed by atoms with Gasteiger partial charge in [0.2, 0.25) is 70.9 Å². The number of nitrogens with one attached hydrogen (secondary N) is 7. The Morgan fingerprint density at radius 3 is 1.00 bits per heavy atom. The van der Waals surface area contributed by atoms with E-state index in [0.29, 0.717) is 110 Å². The Hall–Kier alpha value is -7.13. The second kappa shape index (κ2) is 45.7. The number of primary amides is 4. The van der Waals surface area contributed by atoms with Crippen LogP contribution in [0, 0.1) is 23.7 Å². The highest BCUT2D eigenvalue weighted by Gasteiger charge is 2.24. The molecule has 0 heterocycles. The van der Waals surface area contributed by atoms with Crippen molar-refractivity contribution in [2.24, 2.45) is 52.3 Å². The molecule has 80 heavy (non-hydrogen) atoms. The van der Waals surface area contributed by atoms with Crippen LogP contribution in [0.25, 0.3) is 0 Å². The summed E-state index contributed by atoms with van der Waals surface area (Å²) in [4.78, 5) is 157. The van der Waals surface area contributed by atoms with Gasteiger partial charge in [-0.1, -0.05) is 53.4 Å². The highest BCUT2D eigenvalue weighted by atomic mass is 16.5. The largest absolute Gasteiger partial charge is 0.453 e. The van der Waals surface area contributed by atoms with Crippen LogP contribution in [-0.2, 0) is 62.3 Å². The first-order valence-corrected chi connectivity index (χ1v) is 27.6. The second-order valence-corrected chi connectivity index (χ2v) is 19.8. The van der Waals surface area contributed by atoms with E-state index >= 15 is 0 Å². The molecule has 28 heteroatoms. The monoisotopic (exact) mass is 1140 g/mol. The normalized spacial score (nSPS) is 12.4. The van der Waals surface area contributed by atoms with Gasteiger partial charge in [0.25, 0.3) is 0 Å². The van der Waals surface area contributed by atoms with Gasteiger partial charge >= 0.3 is 6.09 Å². The molecule has 4 unspecified atom stereocenters. The van der Waals surface area contributed by atoms with Crippen molar-refractivity contribution in [3.05, 3.63) is 0 Å². The molecule has 0 aliphatic rings. The summed E-state index contributed by atoms with van der Waals surface area (Å²) in [6, 6.07) is -0.950. The Labute approximate surface area is 471 Å². The molecular formula is C52H96N14O14. The molecule has 0 aromatic heterocycles. The van der Waals surface area contributed by atoms with E-state index in [1.54, 1.807) is 27.7 Å². The molecule has 13 amide bonds. The SMILES string of the molecule is CC(CCCCNC(=O)CN(CC(=O)NCCCCC(C)C(N)=O)C(=O)CCN)C(N)=O.COC(=O)N[C@@H](CCCCNC(C)=O)C(=O)NCCC(=O)N(CC(=O)NCCCCC(C)C(N)=O)CC(=O)NCCCCC(C)C(N)=O. The molecule has 0 fully saturated rings. The number of carbonyl (C=O) groups is 13. The average Bonchev–Trinajstić information content (AvgIpc) is 3.39. The molecule has 0 aliphatic heterocycles. The number of nitrogens with two attached hydrogens (primary N) is 5. The van der Waals surface area contributed by atoms with Crippen molar-refractivity contribution in [3.63, 3.8) is 0 Å². The summed E-state index contributed by atoms with van der Waals surface area (Å²) in [7, 11) is 1.16. The van der Waals surface area contributed by atoms with Crippen LogP contribution >= 0.6 is 0 Å². The van der Waals surface area contributed by atoms with Gasteiger partial charge in [-0.15, -0.1) is 0 Å². The maximum atomic E-state index is 13.1. The zero-order valence-electron chi connectivity index (χ0n) is 48.2. The molecule has 0 spiro atoms. The van der Waals surface area contributed by atoms with Gasteiger partial charge in [0, 0.05) is 89.3 Å². The zero-order valence-corrected chi connectivity index (χ0v) is 48.2. The Balaban J connectivity index is 0. The van der Waals surface area contributed by atoms with Crippen LogP contribution in [0.5, 0.6) is 0 Å². The summed E-state index contributed by atoms with van der Waals surface area (Å²) in [6.07, 6.45) is 8.12. The second-order valence-electron chi connectivity index (χ2n) is 19.8. The van der Waals surface area contributed by atoms with E-state index < -0.39 is 60.7 Å². The first kappa shape index (κ1) is 74.9. The minimum absolute atomic E-state index is 0.0383. The predicted molar refractivity (Wildman–Crippen MR) is 297 cm³/mol. The molecule has 0 saturated carbocycles. The van der Waals surface area contributed by atoms with E-state index in [4.69, 9.17) is 28.7 Å². The minimum Gasteiger partial charge on any atom is -0.453 e. The first-order chi connectivity index (χ1) is 37.7. The maximum absolute atomic E-state index is 13.1. The molecule has 0 rings (SSSR count). The van der Waals surface area contributed by atoms with Gasteiger partial charge < -0.3 is 80.4 Å². The third-order valence-corrected chi connectivity index (χ3v) is 12.6. The molecular weight excluding hydrogens is 1040 g/mol. The predicted octanol–water partition coefficient (Wildman–Crippen LogP) is -1.85. The van der Waals surface area contributed by atoms with Crippen molar-refractivity contribution in [2.45, 2.75) is 150 Å². The average molecular weight is 1140 g/mol. The fourth-order valence-electron chi connectivity index (χ4n) is 7.23. The van der Waals surface area contributed by atoms with Crippen LogP contribution in [0.1, 0.15) is 144 Å². The number of nitrogens with zero attached hydrogens (tertiary/aromatic N) is 2. The molecule has 0 aromatic rings. The van der Waals surface area contributed by atoms with Crippen LogP contribution in [0.4, 0.5) is 4.79 Å². The number of hydrogen-bond donors (Lipinski definition) is 12. The standard InChI is InChI=1S/C31H56N8O9.C21H40N6O5/c1-21(28(32)44)11-5-8-16-35-25(41)19-39(20-26(42)36-17-9-6-12-22(2)29(33)45)27(43)14-18-37-30(46)24(38-31(47)48-4)13-7-10-15-34-23(3)40;1-15(20(23)31)7-3-5-11-25-17(28)13-27(19(30)9-10-22)14-18(29)26-12-6-4-8-16(2)21(24)32/h21-22,24H,5-20H2,1-4H3,(H2,32,44)(H2,33,45)(H,34,40)(H,35,41)(H,36,42)(H,37,46)(H,38,47);15-16H,3-14,22H2,1-2H3,(H2,23,31)(H2,24,32)(H,25,28)(H,26,29)/t21?,22?,24-;/m0./s1. The number of rotatable bonds is 44. The van der Waals surface area contributed by atoms with Crippen molar-refractivity contribution in [1.29, 1.82) is 0 Å². The molecule has 28 nitrogen and oxygen atoms in total. The van der Waals surface area contributed by atoms with Crippen molar-refractivity contribution >= 4 is 77.0 Å². The van der Waals surface area contributed by atoms with Crippen molar-refractivity contribution in [1.82, 2.24) is 47.0 Å². The topological polar surface area (TPSA) is 452 Å². The van der Waals surface area contributed by atoms with E-state index in [2.05, 4.69) is 42.0 Å². The molecule has 17 N–H and O–H groups in total. The van der Waals surface area contributed by atoms with Crippen LogP contribution in [0.3, 0.4) is 0 Å². The lowest BCUT2D eigenvalue weighted by atomic mass is 10.0. The lowest BCUT2D eigenvalue weighted by Gasteiger charge is -2.22. The Bertz CT molecular complexity index is 1870. The smallest absolute Gasteiger partial charge is 0.407 e. The number of hydrogen-bond acceptors (Lipinski definition) is 15. The van der Waals surface area contributed by atoms with Gasteiger partial charge in [0.15, 0.2) is 0 Å². The van der Waals surface area contributed by atoms with Gasteiger partial charge in [-0.3, -0.25) is 57.5 Å². The third-order valence-electron chi connectivity index (χ3n) is 12.6. The Morgan fingerprint density at radius 2 is 0.713 bits per heavy atom. The highest BCUT2D eigenvalue weighted by Crippen LogP contribution is 2.10. The highest BCUT2D eigenvalue weighted by molar-refractivity contribution is 5.91. The minimum atomic E-state index is -0.950. The van der Waals surface area contributed by atoms with Crippen LogP contribution < -0.4 is 65.9 Å². The summed E-state index contributed by atoms with van der Waals surface area (Å²) in [5.41, 5.74) is 26.4. The van der Waals surface area contributed by atoms with Gasteiger partial charge in [0.1, 0.15) is 32.2 Å². The van der Waals surface area contributed by atoms with Crippen molar-refractivity contribution in [2.75, 3.05) is 79.1 Å². The molecule has 5 atom stereocenters. The lowest BCUT2D eigenvalue weighted by molar-refractivity contribution is -0.139. The van der Waals surface area contributed by atoms with E-state index in [-0.39, 0.29) is 105 Å². The third kappa shape index (κ3) is 41.0. The van der Waals surface area contributed by atoms with Crippen molar-refractivity contribution in [3.8, 4) is 0 Å². The number of unbranched alkanes of at least 4 members (excludes halogenated alkanes) is 5. The first-order valence-electron chi connectivity index (χ1n) is 27.6. The summed E-state index contributed by atoms with van der Waals surface area (Å²) in [5, 5.41) is 18.6. The molecule has 0 aromatic carbocycles. The zero-order chi connectivity index (χ0) is 61.0. The van der Waals surface area contributed by atoms with Gasteiger partial charge in [-0.25, -0.2) is 4.79 Å². The van der Waals surface area contributed by atoms with Crippen LogP contribution in [0.15, 0.2) is 0 Å². The van der Waals surface area contributed by atoms with E-state index in [1.165, 1.54) is 11.8 Å². The van der Waals surface area contributed by atoms with Gasteiger partial charge in [0.05, 0.1) is 7.11 Å². The fraction of sp³-hybridized carbons (Fsp3) is 0.750. The van der Waals surface area contributed by atoms with Crippen LogP contribution in [-0.4, -0.2) is 172 Å². The van der Waals surface area contributed by atoms with E-state index in [9.17, 15) is 62.3 Å². The van der Waals surface area contributed by atoms with Gasteiger partial charge in [-0.2, -0.15) is 0 Å². The summed E-state index contributed by atoms with van der Waals surface area (Å²) in [5.74, 6) is -5.80. The molecule has 0 saturated heterocycles. The Morgan fingerprint density at radius 1 is 0.412 bits per heavy atom. The quantitative estimate of drug-likeness (QED) is 0.0298. The number of amides is 13. The summed E-state index contributed by atoms with van der Waals surface area (Å²) >= 11 is 0. The number of alkyl carbamates (subject to hydrolysis) is 1. The fourth-order valence-corrected chi connectivity index (χ4v) is 7.23. The van der Waals surface area contributed by atoms with E-state index in [1.807, 2.05) is 0 Å². The molecule has 0 bridgehead atoms. The molecule has 458 valence electrons. The number of ether oxygens (including phenoxy) is 1. The molecule has 0 aliphatic carbocycles. The molecule has 0 radical (unpaired) electrons. The maximum Gasteiger partial charge on any atom is 0.407 e. The number of methoxy groups -OCH3 is 1. The summed E-state index contributed by atoms with van der Waals surface area (Å²) in [6.45, 7) is 8.92. The van der Waals surface area contributed by atoms with Crippen LogP contribution in [0.2, 0.25) is 0 Å². The van der Waals surface area contributed by atoms with Gasteiger partial charge in [-0.05, 0) is 70.6 Å². The Kier molecular flexibility index (Phi) is 42.8. The number of carbonyl (C=O) groups excluding carboxylic acids is 13. The summed E-state index contributed by atoms with van der Waals surface area (Å²) < 4.78 is 4.60. The van der Waals surface area contributed by atoms with Crippen molar-refractivity contribution < 1.29 is 67.1 Å². The lowest BCUT2D eigenvalue weighted by Crippen LogP contribution is -2.49.